The van der Waals surface area contributed by atoms with Crippen LogP contribution in [-0.2, 0) is 4.74 Å². The Hall–Kier alpha value is -2.84. The van der Waals surface area contributed by atoms with Crippen molar-refractivity contribution in [3.8, 4) is 26.9 Å². The van der Waals surface area contributed by atoms with Crippen molar-refractivity contribution in [3.63, 3.8) is 0 Å². The third kappa shape index (κ3) is 6.15. The average Bonchev–Trinajstić information content (AvgIpc) is 3.33. The number of benzene rings is 3. The molecule has 4 rings (SSSR count). The van der Waals surface area contributed by atoms with Crippen molar-refractivity contribution in [2.45, 2.75) is 32.0 Å². The monoisotopic (exact) mass is 464 g/mol. The number of rotatable bonds is 11. The lowest BCUT2D eigenvalue weighted by Gasteiger charge is -2.06. The number of aliphatic hydroxyl groups is 2. The zero-order chi connectivity index (χ0) is 23.0. The largest absolute Gasteiger partial charge is 0.494 e. The fraction of sp³-hybridized carbons (Fsp3) is 0.308. The zero-order valence-electron chi connectivity index (χ0n) is 18.6. The maximum absolute atomic E-state index is 9.36. The standard InChI is InChI=1S/C26H28N2O4S/c1-31-14-4-2-3-5-15-32-23-12-10-18(11-13-23)24-27-28-25(33-24)21-8-6-20-17-22(26(29)30)9-7-19(20)16-21/h6-13,16-17,26,29-30H,2-5,14-15H2,1H3. The van der Waals surface area contributed by atoms with E-state index in [1.54, 1.807) is 19.2 Å². The zero-order valence-corrected chi connectivity index (χ0v) is 19.4. The van der Waals surface area contributed by atoms with Crippen LogP contribution in [0.1, 0.15) is 37.5 Å². The molecule has 0 saturated heterocycles. The summed E-state index contributed by atoms with van der Waals surface area (Å²) in [6.45, 7) is 1.54. The summed E-state index contributed by atoms with van der Waals surface area (Å²) in [4.78, 5) is 0. The lowest BCUT2D eigenvalue weighted by atomic mass is 10.0. The van der Waals surface area contributed by atoms with Gasteiger partial charge in [-0.15, -0.1) is 10.2 Å². The Bertz CT molecular complexity index is 1170. The van der Waals surface area contributed by atoms with Gasteiger partial charge in [-0.1, -0.05) is 42.0 Å². The third-order valence-corrected chi connectivity index (χ3v) is 6.47. The minimum atomic E-state index is -1.47. The number of nitrogens with zero attached hydrogens (tertiary/aromatic N) is 2. The highest BCUT2D eigenvalue weighted by Crippen LogP contribution is 2.32. The molecule has 0 fully saturated rings. The Morgan fingerprint density at radius 1 is 0.758 bits per heavy atom. The Balaban J connectivity index is 1.37. The molecule has 0 spiro atoms. The maximum Gasteiger partial charge on any atom is 0.178 e. The normalized spacial score (nSPS) is 11.4. The van der Waals surface area contributed by atoms with Gasteiger partial charge < -0.3 is 19.7 Å². The van der Waals surface area contributed by atoms with Crippen LogP contribution in [0.2, 0.25) is 0 Å². The van der Waals surface area contributed by atoms with Crippen molar-refractivity contribution >= 4 is 22.1 Å². The molecule has 0 aliphatic carbocycles. The van der Waals surface area contributed by atoms with Gasteiger partial charge in [0.15, 0.2) is 6.29 Å². The molecule has 0 saturated carbocycles. The highest BCUT2D eigenvalue weighted by atomic mass is 32.1. The van der Waals surface area contributed by atoms with Gasteiger partial charge in [0.1, 0.15) is 15.8 Å². The first-order chi connectivity index (χ1) is 16.1. The lowest BCUT2D eigenvalue weighted by Crippen LogP contribution is -1.97. The summed E-state index contributed by atoms with van der Waals surface area (Å²) in [6, 6.07) is 19.3. The van der Waals surface area contributed by atoms with E-state index in [2.05, 4.69) is 10.2 Å². The van der Waals surface area contributed by atoms with Crippen LogP contribution in [0.5, 0.6) is 5.75 Å². The average molecular weight is 465 g/mol. The molecule has 0 radical (unpaired) electrons. The Morgan fingerprint density at radius 2 is 1.39 bits per heavy atom. The second kappa shape index (κ2) is 11.3. The number of fused-ring (bicyclic) bond motifs is 1. The van der Waals surface area contributed by atoms with Crippen molar-refractivity contribution in [2.24, 2.45) is 0 Å². The van der Waals surface area contributed by atoms with E-state index in [0.717, 1.165) is 70.1 Å². The molecule has 1 aromatic heterocycles. The van der Waals surface area contributed by atoms with Crippen molar-refractivity contribution < 1.29 is 19.7 Å². The SMILES string of the molecule is COCCCCCCOc1ccc(-c2nnc(-c3ccc4cc(C(O)O)ccc4c3)s2)cc1. The summed E-state index contributed by atoms with van der Waals surface area (Å²) < 4.78 is 10.9. The van der Waals surface area contributed by atoms with Gasteiger partial charge in [0.05, 0.1) is 6.61 Å². The quantitative estimate of drug-likeness (QED) is 0.222. The highest BCUT2D eigenvalue weighted by Gasteiger charge is 2.10. The van der Waals surface area contributed by atoms with Gasteiger partial charge in [-0.05, 0) is 66.4 Å². The number of methoxy groups -OCH3 is 1. The van der Waals surface area contributed by atoms with E-state index < -0.39 is 6.29 Å². The third-order valence-electron chi connectivity index (χ3n) is 5.45. The van der Waals surface area contributed by atoms with E-state index in [1.807, 2.05) is 48.5 Å². The van der Waals surface area contributed by atoms with E-state index in [-0.39, 0.29) is 0 Å². The molecule has 6 nitrogen and oxygen atoms in total. The van der Waals surface area contributed by atoms with Crippen LogP contribution in [0.4, 0.5) is 0 Å². The molecule has 172 valence electrons. The fourth-order valence-electron chi connectivity index (χ4n) is 3.60. The molecule has 4 aromatic rings. The van der Waals surface area contributed by atoms with Gasteiger partial charge in [-0.2, -0.15) is 0 Å². The van der Waals surface area contributed by atoms with Gasteiger partial charge in [-0.25, -0.2) is 0 Å². The van der Waals surface area contributed by atoms with Crippen molar-refractivity contribution in [1.29, 1.82) is 0 Å². The topological polar surface area (TPSA) is 84.7 Å². The Kier molecular flexibility index (Phi) is 8.01. The summed E-state index contributed by atoms with van der Waals surface area (Å²) in [5.74, 6) is 0.863. The van der Waals surface area contributed by atoms with E-state index >= 15 is 0 Å². The minimum Gasteiger partial charge on any atom is -0.494 e. The summed E-state index contributed by atoms with van der Waals surface area (Å²) in [7, 11) is 1.74. The summed E-state index contributed by atoms with van der Waals surface area (Å²) in [6.07, 6.45) is 2.98. The number of ether oxygens (including phenoxy) is 2. The van der Waals surface area contributed by atoms with Crippen LogP contribution >= 0.6 is 11.3 Å². The molecule has 0 aliphatic rings. The highest BCUT2D eigenvalue weighted by molar-refractivity contribution is 7.17. The number of hydrogen-bond donors (Lipinski definition) is 2. The van der Waals surface area contributed by atoms with Crippen molar-refractivity contribution in [1.82, 2.24) is 10.2 Å². The van der Waals surface area contributed by atoms with E-state index in [9.17, 15) is 10.2 Å². The van der Waals surface area contributed by atoms with E-state index in [0.29, 0.717) is 5.56 Å². The first-order valence-electron chi connectivity index (χ1n) is 11.1. The van der Waals surface area contributed by atoms with Crippen molar-refractivity contribution in [2.75, 3.05) is 20.3 Å². The van der Waals surface area contributed by atoms with Crippen LogP contribution in [0, 0.1) is 0 Å². The smallest absolute Gasteiger partial charge is 0.178 e. The maximum atomic E-state index is 9.36. The van der Waals surface area contributed by atoms with E-state index in [4.69, 9.17) is 9.47 Å². The molecule has 0 aliphatic heterocycles. The minimum absolute atomic E-state index is 0.475. The first kappa shape index (κ1) is 23.3. The molecule has 1 heterocycles. The fourth-order valence-corrected chi connectivity index (χ4v) is 4.45. The summed E-state index contributed by atoms with van der Waals surface area (Å²) in [5.41, 5.74) is 2.46. The molecule has 0 unspecified atom stereocenters. The molecule has 0 bridgehead atoms. The Morgan fingerprint density at radius 3 is 2.12 bits per heavy atom. The molecule has 3 aromatic carbocycles. The van der Waals surface area contributed by atoms with Gasteiger partial charge in [-0.3, -0.25) is 0 Å². The molecule has 2 N–H and O–H groups in total. The number of unbranched alkanes of at least 4 members (excludes halogenated alkanes) is 3. The molecule has 0 atom stereocenters. The summed E-state index contributed by atoms with van der Waals surface area (Å²) in [5, 5.41) is 31.1. The van der Waals surface area contributed by atoms with Crippen LogP contribution in [0.3, 0.4) is 0 Å². The summed E-state index contributed by atoms with van der Waals surface area (Å²) >= 11 is 1.54. The Labute approximate surface area is 197 Å². The molecule has 0 amide bonds. The van der Waals surface area contributed by atoms with E-state index in [1.165, 1.54) is 17.8 Å². The van der Waals surface area contributed by atoms with Crippen LogP contribution < -0.4 is 4.74 Å². The lowest BCUT2D eigenvalue weighted by molar-refractivity contribution is -0.0423. The molecular formula is C26H28N2O4S. The predicted molar refractivity (Wildman–Crippen MR) is 131 cm³/mol. The van der Waals surface area contributed by atoms with Gasteiger partial charge in [0.2, 0.25) is 0 Å². The van der Waals surface area contributed by atoms with Gasteiger partial charge in [0, 0.05) is 30.4 Å². The van der Waals surface area contributed by atoms with Gasteiger partial charge >= 0.3 is 0 Å². The van der Waals surface area contributed by atoms with Crippen LogP contribution in [-0.4, -0.2) is 40.7 Å². The van der Waals surface area contributed by atoms with Crippen LogP contribution in [0.25, 0.3) is 31.9 Å². The predicted octanol–water partition coefficient (Wildman–Crippen LogP) is 5.59. The molecule has 33 heavy (non-hydrogen) atoms. The number of hydrogen-bond acceptors (Lipinski definition) is 7. The molecular weight excluding hydrogens is 436 g/mol. The van der Waals surface area contributed by atoms with Crippen LogP contribution in [0.15, 0.2) is 60.7 Å². The van der Waals surface area contributed by atoms with Gasteiger partial charge in [0.25, 0.3) is 0 Å². The molecule has 7 heteroatoms. The second-order valence-electron chi connectivity index (χ2n) is 7.89. The number of aromatic nitrogens is 2. The number of aliphatic hydroxyl groups excluding tert-OH is 1. The van der Waals surface area contributed by atoms with Crippen molar-refractivity contribution in [3.05, 3.63) is 66.2 Å². The second-order valence-corrected chi connectivity index (χ2v) is 8.86. The first-order valence-corrected chi connectivity index (χ1v) is 11.9.